The van der Waals surface area contributed by atoms with Crippen molar-refractivity contribution in [1.82, 2.24) is 5.32 Å². The number of allylic oxidation sites excluding steroid dienone is 3. The number of phenols is 2. The second-order valence-electron chi connectivity index (χ2n) is 7.90. The lowest BCUT2D eigenvalue weighted by Crippen LogP contribution is -2.38. The number of hydrogen-bond acceptors (Lipinski definition) is 6. The Kier molecular flexibility index (Phi) is 4.76. The molecule has 0 aromatic heterocycles. The number of rotatable bonds is 3. The van der Waals surface area contributed by atoms with E-state index in [2.05, 4.69) is 5.32 Å². The summed E-state index contributed by atoms with van der Waals surface area (Å²) in [6.45, 7) is 7.81. The number of Topliss-reactive ketones (excluding diaryl/α,β-unsaturated/α-hetero) is 1. The molecular formula is C21H25NO5. The number of carbonyl (C=O) groups excluding carboxylic acids is 2. The van der Waals surface area contributed by atoms with Gasteiger partial charge in [0.1, 0.15) is 0 Å². The van der Waals surface area contributed by atoms with E-state index >= 15 is 0 Å². The zero-order chi connectivity index (χ0) is 19.9. The second kappa shape index (κ2) is 6.76. The van der Waals surface area contributed by atoms with Gasteiger partial charge in [-0.05, 0) is 43.4 Å². The minimum atomic E-state index is -0.643. The summed E-state index contributed by atoms with van der Waals surface area (Å²) in [5.74, 6) is -1.71. The minimum Gasteiger partial charge on any atom is -0.504 e. The molecule has 2 aliphatic rings. The Morgan fingerprint density at radius 1 is 1.26 bits per heavy atom. The van der Waals surface area contributed by atoms with Crippen LogP contribution in [0, 0.1) is 5.41 Å². The van der Waals surface area contributed by atoms with Gasteiger partial charge in [0, 0.05) is 29.3 Å². The molecule has 0 radical (unpaired) electrons. The first-order valence-corrected chi connectivity index (χ1v) is 9.07. The molecule has 0 spiro atoms. The van der Waals surface area contributed by atoms with Crippen LogP contribution in [0.15, 0.2) is 40.7 Å². The molecule has 3 N–H and O–H groups in total. The number of ketones is 1. The van der Waals surface area contributed by atoms with Crippen molar-refractivity contribution < 1.29 is 24.5 Å². The average molecular weight is 371 g/mol. The van der Waals surface area contributed by atoms with Crippen LogP contribution in [0.5, 0.6) is 11.5 Å². The molecule has 1 atom stereocenters. The lowest BCUT2D eigenvalue weighted by Gasteiger charge is -2.39. The van der Waals surface area contributed by atoms with Crippen molar-refractivity contribution in [3.05, 3.63) is 46.3 Å². The molecule has 0 saturated heterocycles. The molecule has 1 heterocycles. The van der Waals surface area contributed by atoms with Crippen molar-refractivity contribution in [2.75, 3.05) is 6.61 Å². The molecule has 1 aromatic carbocycles. The van der Waals surface area contributed by atoms with Gasteiger partial charge in [-0.2, -0.15) is 0 Å². The van der Waals surface area contributed by atoms with E-state index in [1.807, 2.05) is 13.8 Å². The summed E-state index contributed by atoms with van der Waals surface area (Å²) < 4.78 is 5.23. The van der Waals surface area contributed by atoms with Crippen molar-refractivity contribution >= 4 is 11.8 Å². The predicted molar refractivity (Wildman–Crippen MR) is 100 cm³/mol. The highest BCUT2D eigenvalue weighted by atomic mass is 16.5. The fraction of sp³-hybridized carbons (Fsp3) is 0.429. The highest BCUT2D eigenvalue weighted by Gasteiger charge is 2.43. The Labute approximate surface area is 158 Å². The molecule has 6 heteroatoms. The minimum absolute atomic E-state index is 0.0272. The van der Waals surface area contributed by atoms with Crippen molar-refractivity contribution in [3.8, 4) is 11.5 Å². The Hall–Kier alpha value is -2.76. The molecule has 0 saturated carbocycles. The van der Waals surface area contributed by atoms with Crippen LogP contribution < -0.4 is 5.32 Å². The summed E-state index contributed by atoms with van der Waals surface area (Å²) in [5.41, 5.74) is 2.72. The normalized spacial score (nSPS) is 21.6. The molecule has 1 aliphatic carbocycles. The van der Waals surface area contributed by atoms with Gasteiger partial charge in [-0.15, -0.1) is 0 Å². The Balaban J connectivity index is 2.20. The van der Waals surface area contributed by atoms with Crippen LogP contribution in [0.25, 0.3) is 0 Å². The molecule has 0 bridgehead atoms. The maximum absolute atomic E-state index is 13.0. The van der Waals surface area contributed by atoms with E-state index in [1.54, 1.807) is 19.9 Å². The molecule has 0 fully saturated rings. The SMILES string of the molecule is CCOC(=O)C1=C(C)NC2=C(C(=O)CC(C)(C)C2)C1c1ccc(O)c(O)c1. The van der Waals surface area contributed by atoms with Crippen LogP contribution in [0.4, 0.5) is 0 Å². The highest BCUT2D eigenvalue weighted by molar-refractivity contribution is 6.04. The first kappa shape index (κ1) is 19.0. The van der Waals surface area contributed by atoms with Crippen LogP contribution in [-0.4, -0.2) is 28.6 Å². The number of hydrogen-bond donors (Lipinski definition) is 3. The summed E-state index contributed by atoms with van der Waals surface area (Å²) in [4.78, 5) is 25.7. The largest absolute Gasteiger partial charge is 0.504 e. The number of nitrogens with one attached hydrogen (secondary N) is 1. The van der Waals surface area contributed by atoms with E-state index < -0.39 is 11.9 Å². The molecule has 144 valence electrons. The Morgan fingerprint density at radius 2 is 1.96 bits per heavy atom. The third kappa shape index (κ3) is 3.44. The molecule has 6 nitrogen and oxygen atoms in total. The summed E-state index contributed by atoms with van der Waals surface area (Å²) in [5, 5.41) is 22.9. The maximum Gasteiger partial charge on any atom is 0.336 e. The van der Waals surface area contributed by atoms with Crippen molar-refractivity contribution in [2.24, 2.45) is 5.41 Å². The summed E-state index contributed by atoms with van der Waals surface area (Å²) >= 11 is 0. The van der Waals surface area contributed by atoms with Gasteiger partial charge in [0.25, 0.3) is 0 Å². The first-order valence-electron chi connectivity index (χ1n) is 9.07. The molecule has 1 unspecified atom stereocenters. The van der Waals surface area contributed by atoms with Gasteiger partial charge in [-0.3, -0.25) is 4.79 Å². The summed E-state index contributed by atoms with van der Waals surface area (Å²) in [6.07, 6.45) is 1.06. The van der Waals surface area contributed by atoms with Crippen LogP contribution >= 0.6 is 0 Å². The van der Waals surface area contributed by atoms with Gasteiger partial charge in [-0.1, -0.05) is 19.9 Å². The summed E-state index contributed by atoms with van der Waals surface area (Å²) in [6, 6.07) is 4.38. The maximum atomic E-state index is 13.0. The first-order chi connectivity index (χ1) is 12.6. The summed E-state index contributed by atoms with van der Waals surface area (Å²) in [7, 11) is 0. The highest BCUT2D eigenvalue weighted by Crippen LogP contribution is 2.47. The third-order valence-corrected chi connectivity index (χ3v) is 5.07. The van der Waals surface area contributed by atoms with Gasteiger partial charge < -0.3 is 20.3 Å². The second-order valence-corrected chi connectivity index (χ2v) is 7.90. The molecule has 3 rings (SSSR count). The smallest absolute Gasteiger partial charge is 0.336 e. The number of aromatic hydroxyl groups is 2. The van der Waals surface area contributed by atoms with E-state index in [4.69, 9.17) is 4.74 Å². The van der Waals surface area contributed by atoms with Crippen molar-refractivity contribution in [3.63, 3.8) is 0 Å². The number of ether oxygens (including phenoxy) is 1. The number of esters is 1. The number of benzene rings is 1. The molecule has 27 heavy (non-hydrogen) atoms. The average Bonchev–Trinajstić information content (AvgIpc) is 2.55. The lowest BCUT2D eigenvalue weighted by molar-refractivity contribution is -0.138. The number of phenolic OH excluding ortho intramolecular Hbond substituents is 2. The monoisotopic (exact) mass is 371 g/mol. The van der Waals surface area contributed by atoms with E-state index in [0.717, 1.165) is 5.70 Å². The topological polar surface area (TPSA) is 95.9 Å². The quantitative estimate of drug-likeness (QED) is 0.557. The fourth-order valence-corrected chi connectivity index (χ4v) is 3.97. The standard InChI is InChI=1S/C21H25NO5/c1-5-27-20(26)17-11(2)22-13-9-21(3,4)10-16(25)19(13)18(17)12-6-7-14(23)15(24)8-12/h6-8,18,22-24H,5,9-10H2,1-4H3. The van der Waals surface area contributed by atoms with Crippen molar-refractivity contribution in [2.45, 2.75) is 46.5 Å². The molecule has 1 aromatic rings. The Bertz CT molecular complexity index is 879. The fourth-order valence-electron chi connectivity index (χ4n) is 3.97. The third-order valence-electron chi connectivity index (χ3n) is 5.07. The Morgan fingerprint density at radius 3 is 2.59 bits per heavy atom. The van der Waals surface area contributed by atoms with E-state index in [0.29, 0.717) is 35.2 Å². The van der Waals surface area contributed by atoms with Crippen LogP contribution in [-0.2, 0) is 14.3 Å². The van der Waals surface area contributed by atoms with Gasteiger partial charge >= 0.3 is 5.97 Å². The molecule has 1 aliphatic heterocycles. The molecular weight excluding hydrogens is 346 g/mol. The van der Waals surface area contributed by atoms with E-state index in [9.17, 15) is 19.8 Å². The van der Waals surface area contributed by atoms with Crippen LogP contribution in [0.3, 0.4) is 0 Å². The van der Waals surface area contributed by atoms with E-state index in [1.165, 1.54) is 12.1 Å². The van der Waals surface area contributed by atoms with Crippen LogP contribution in [0.1, 0.15) is 52.0 Å². The van der Waals surface area contributed by atoms with Crippen LogP contribution in [0.2, 0.25) is 0 Å². The zero-order valence-electron chi connectivity index (χ0n) is 16.0. The van der Waals surface area contributed by atoms with E-state index in [-0.39, 0.29) is 29.3 Å². The zero-order valence-corrected chi connectivity index (χ0v) is 16.0. The predicted octanol–water partition coefficient (Wildman–Crippen LogP) is 3.26. The van der Waals surface area contributed by atoms with Gasteiger partial charge in [0.15, 0.2) is 17.3 Å². The van der Waals surface area contributed by atoms with Crippen molar-refractivity contribution in [1.29, 1.82) is 0 Å². The van der Waals surface area contributed by atoms with Gasteiger partial charge in [0.2, 0.25) is 0 Å². The van der Waals surface area contributed by atoms with Gasteiger partial charge in [0.05, 0.1) is 12.2 Å². The molecule has 0 amide bonds. The van der Waals surface area contributed by atoms with Gasteiger partial charge in [-0.25, -0.2) is 4.79 Å². The lowest BCUT2D eigenvalue weighted by atomic mass is 9.68. The number of carbonyl (C=O) groups is 2. The number of dihydropyridines is 1.